The van der Waals surface area contributed by atoms with Crippen LogP contribution in [0.5, 0.6) is 0 Å². The molecule has 0 radical (unpaired) electrons. The van der Waals surface area contributed by atoms with Crippen molar-refractivity contribution in [2.75, 3.05) is 4.90 Å². The molecule has 3 rings (SSSR count). The van der Waals surface area contributed by atoms with Crippen LogP contribution in [0.2, 0.25) is 0 Å². The summed E-state index contributed by atoms with van der Waals surface area (Å²) in [4.78, 5) is 25.4. The molecule has 1 N–H and O–H groups in total. The molecule has 23 heavy (non-hydrogen) atoms. The lowest BCUT2D eigenvalue weighted by Gasteiger charge is -2.28. The minimum absolute atomic E-state index is 0.110. The van der Waals surface area contributed by atoms with Crippen LogP contribution in [0.15, 0.2) is 60.7 Å². The molecule has 0 saturated heterocycles. The number of carboxylic acid groups (broad SMARTS) is 1. The average Bonchev–Trinajstić information content (AvgIpc) is 3.37. The van der Waals surface area contributed by atoms with Crippen LogP contribution in [0.3, 0.4) is 0 Å². The quantitative estimate of drug-likeness (QED) is 0.918. The van der Waals surface area contributed by atoms with E-state index in [1.54, 1.807) is 24.3 Å². The lowest BCUT2D eigenvalue weighted by atomic mass is 10.2. The van der Waals surface area contributed by atoms with Crippen LogP contribution < -0.4 is 4.90 Å². The van der Waals surface area contributed by atoms with Gasteiger partial charge < -0.3 is 9.84 Å². The maximum absolute atomic E-state index is 12.5. The number of carbonyl (C=O) groups excluding carboxylic acids is 1. The summed E-state index contributed by atoms with van der Waals surface area (Å²) in [7, 11) is 0. The number of hydrogen-bond donors (Lipinski definition) is 1. The first-order valence-corrected chi connectivity index (χ1v) is 7.43. The van der Waals surface area contributed by atoms with Gasteiger partial charge >= 0.3 is 12.1 Å². The molecular weight excluding hydrogens is 294 g/mol. The molecule has 1 aliphatic rings. The molecule has 1 fully saturated rings. The van der Waals surface area contributed by atoms with E-state index in [9.17, 15) is 14.7 Å². The summed E-state index contributed by atoms with van der Waals surface area (Å²) in [5.74, 6) is -1.00. The highest BCUT2D eigenvalue weighted by atomic mass is 16.6. The fourth-order valence-electron chi connectivity index (χ4n) is 2.54. The van der Waals surface area contributed by atoms with Crippen LogP contribution in [-0.4, -0.2) is 22.7 Å². The first-order chi connectivity index (χ1) is 11.1. The second-order valence-electron chi connectivity index (χ2n) is 5.55. The number of aliphatic carboxylic acids is 1. The van der Waals surface area contributed by atoms with E-state index in [0.29, 0.717) is 18.5 Å². The predicted molar refractivity (Wildman–Crippen MR) is 85.1 cm³/mol. The SMILES string of the molecule is O=C(OCc1ccccc1)N(c1ccccc1)C1(C(=O)O)CC1. The molecule has 2 aromatic rings. The molecule has 0 atom stereocenters. The highest BCUT2D eigenvalue weighted by Crippen LogP contribution is 2.44. The number of carboxylic acids is 1. The summed E-state index contributed by atoms with van der Waals surface area (Å²) in [6, 6.07) is 18.1. The van der Waals surface area contributed by atoms with Crippen molar-refractivity contribution in [1.82, 2.24) is 0 Å². The van der Waals surface area contributed by atoms with Crippen molar-refractivity contribution >= 4 is 17.7 Å². The average molecular weight is 311 g/mol. The van der Waals surface area contributed by atoms with E-state index >= 15 is 0 Å². The van der Waals surface area contributed by atoms with Crippen molar-refractivity contribution in [3.8, 4) is 0 Å². The first-order valence-electron chi connectivity index (χ1n) is 7.43. The van der Waals surface area contributed by atoms with Crippen LogP contribution in [0.25, 0.3) is 0 Å². The number of hydrogen-bond acceptors (Lipinski definition) is 3. The minimum Gasteiger partial charge on any atom is -0.479 e. The molecule has 1 amide bonds. The van der Waals surface area contributed by atoms with E-state index in [1.165, 1.54) is 4.90 Å². The number of benzene rings is 2. The van der Waals surface area contributed by atoms with Gasteiger partial charge in [0, 0.05) is 5.69 Å². The third-order valence-electron chi connectivity index (χ3n) is 3.95. The summed E-state index contributed by atoms with van der Waals surface area (Å²) in [6.45, 7) is 0.110. The molecule has 0 spiro atoms. The molecular formula is C18H17NO4. The van der Waals surface area contributed by atoms with E-state index in [1.807, 2.05) is 36.4 Å². The molecule has 0 aliphatic heterocycles. The van der Waals surface area contributed by atoms with Crippen molar-refractivity contribution in [2.24, 2.45) is 0 Å². The molecule has 118 valence electrons. The zero-order valence-corrected chi connectivity index (χ0v) is 12.5. The van der Waals surface area contributed by atoms with Gasteiger partial charge in [-0.05, 0) is 30.5 Å². The normalized spacial score (nSPS) is 14.8. The van der Waals surface area contributed by atoms with Crippen LogP contribution in [0.1, 0.15) is 18.4 Å². The van der Waals surface area contributed by atoms with E-state index < -0.39 is 17.6 Å². The zero-order valence-electron chi connectivity index (χ0n) is 12.5. The summed E-state index contributed by atoms with van der Waals surface area (Å²) in [5.41, 5.74) is 0.203. The first kappa shape index (κ1) is 15.1. The molecule has 0 heterocycles. The summed E-state index contributed by atoms with van der Waals surface area (Å²) >= 11 is 0. The number of anilines is 1. The maximum atomic E-state index is 12.5. The monoisotopic (exact) mass is 311 g/mol. The van der Waals surface area contributed by atoms with Crippen LogP contribution >= 0.6 is 0 Å². The second-order valence-corrected chi connectivity index (χ2v) is 5.55. The Balaban J connectivity index is 1.81. The maximum Gasteiger partial charge on any atom is 0.415 e. The largest absolute Gasteiger partial charge is 0.479 e. The Kier molecular flexibility index (Phi) is 4.02. The smallest absolute Gasteiger partial charge is 0.415 e. The van der Waals surface area contributed by atoms with Gasteiger partial charge in [0.2, 0.25) is 0 Å². The third kappa shape index (κ3) is 3.04. The molecule has 5 heteroatoms. The number of ether oxygens (including phenoxy) is 1. The van der Waals surface area contributed by atoms with Crippen molar-refractivity contribution in [2.45, 2.75) is 25.0 Å². The van der Waals surface area contributed by atoms with E-state index in [4.69, 9.17) is 4.74 Å². The number of amides is 1. The van der Waals surface area contributed by atoms with Crippen LogP contribution in [0, 0.1) is 0 Å². The van der Waals surface area contributed by atoms with Gasteiger partial charge in [-0.2, -0.15) is 0 Å². The van der Waals surface area contributed by atoms with Crippen molar-refractivity contribution < 1.29 is 19.4 Å². The highest BCUT2D eigenvalue weighted by molar-refractivity contribution is 6.00. The predicted octanol–water partition coefficient (Wildman–Crippen LogP) is 3.45. The van der Waals surface area contributed by atoms with Crippen molar-refractivity contribution in [1.29, 1.82) is 0 Å². The third-order valence-corrected chi connectivity index (χ3v) is 3.95. The minimum atomic E-state index is -1.19. The van der Waals surface area contributed by atoms with Crippen molar-refractivity contribution in [3.05, 3.63) is 66.2 Å². The Labute approximate surface area is 134 Å². The summed E-state index contributed by atoms with van der Waals surface area (Å²) in [6.07, 6.45) is 0.218. The van der Waals surface area contributed by atoms with Crippen molar-refractivity contribution in [3.63, 3.8) is 0 Å². The standard InChI is InChI=1S/C18H17NO4/c20-16(21)18(11-12-18)19(15-9-5-2-6-10-15)17(22)23-13-14-7-3-1-4-8-14/h1-10H,11-13H2,(H,20,21). The lowest BCUT2D eigenvalue weighted by Crippen LogP contribution is -2.47. The van der Waals surface area contributed by atoms with E-state index in [2.05, 4.69) is 0 Å². The molecule has 1 saturated carbocycles. The molecule has 5 nitrogen and oxygen atoms in total. The van der Waals surface area contributed by atoms with Gasteiger partial charge in [0.1, 0.15) is 12.1 Å². The highest BCUT2D eigenvalue weighted by Gasteiger charge is 2.58. The second kappa shape index (κ2) is 6.12. The number of nitrogens with zero attached hydrogens (tertiary/aromatic N) is 1. The van der Waals surface area contributed by atoms with Gasteiger partial charge in [0.05, 0.1) is 0 Å². The summed E-state index contributed by atoms with van der Waals surface area (Å²) in [5, 5.41) is 9.52. The lowest BCUT2D eigenvalue weighted by molar-refractivity contribution is -0.139. The number of rotatable bonds is 5. The Morgan fingerprint density at radius 2 is 1.57 bits per heavy atom. The van der Waals surface area contributed by atoms with Gasteiger partial charge in [-0.15, -0.1) is 0 Å². The number of carbonyl (C=O) groups is 2. The van der Waals surface area contributed by atoms with Gasteiger partial charge in [0.25, 0.3) is 0 Å². The fraction of sp³-hybridized carbons (Fsp3) is 0.222. The fourth-order valence-corrected chi connectivity index (χ4v) is 2.54. The van der Waals surface area contributed by atoms with Gasteiger partial charge in [-0.1, -0.05) is 48.5 Å². The summed E-state index contributed by atoms with van der Waals surface area (Å²) < 4.78 is 5.34. The van der Waals surface area contributed by atoms with Crippen LogP contribution in [-0.2, 0) is 16.1 Å². The Morgan fingerprint density at radius 3 is 2.09 bits per heavy atom. The topological polar surface area (TPSA) is 66.8 Å². The Hall–Kier alpha value is -2.82. The van der Waals surface area contributed by atoms with Gasteiger partial charge in [0.15, 0.2) is 0 Å². The zero-order chi connectivity index (χ0) is 16.3. The molecule has 0 aromatic heterocycles. The molecule has 0 unspecified atom stereocenters. The van der Waals surface area contributed by atoms with E-state index in [0.717, 1.165) is 5.56 Å². The number of para-hydroxylation sites is 1. The Bertz CT molecular complexity index is 695. The molecule has 1 aliphatic carbocycles. The molecule has 2 aromatic carbocycles. The van der Waals surface area contributed by atoms with Crippen LogP contribution in [0.4, 0.5) is 10.5 Å². The van der Waals surface area contributed by atoms with E-state index in [-0.39, 0.29) is 6.61 Å². The Morgan fingerprint density at radius 1 is 1.00 bits per heavy atom. The van der Waals surface area contributed by atoms with Gasteiger partial charge in [-0.25, -0.2) is 9.59 Å². The van der Waals surface area contributed by atoms with Gasteiger partial charge in [-0.3, -0.25) is 4.90 Å². The molecule has 0 bridgehead atoms.